The van der Waals surface area contributed by atoms with E-state index in [1.54, 1.807) is 24.3 Å². The Bertz CT molecular complexity index is 416. The van der Waals surface area contributed by atoms with Gasteiger partial charge in [-0.3, -0.25) is 4.79 Å². The number of carbonyl (C=O) groups is 1. The quantitative estimate of drug-likeness (QED) is 0.703. The predicted octanol–water partition coefficient (Wildman–Crippen LogP) is 1.25. The lowest BCUT2D eigenvalue weighted by Gasteiger charge is -2.18. The van der Waals surface area contributed by atoms with Crippen LogP contribution >= 0.6 is 0 Å². The summed E-state index contributed by atoms with van der Waals surface area (Å²) in [5.41, 5.74) is 0.583. The number of aliphatic hydroxyl groups is 2. The van der Waals surface area contributed by atoms with Crippen LogP contribution in [0.4, 0.5) is 0 Å². The van der Waals surface area contributed by atoms with Crippen molar-refractivity contribution in [1.29, 1.82) is 0 Å². The lowest BCUT2D eigenvalue weighted by atomic mass is 10.0. The molecule has 2 unspecified atom stereocenters. The molecule has 0 radical (unpaired) electrons. The van der Waals surface area contributed by atoms with E-state index in [2.05, 4.69) is 19.2 Å². The van der Waals surface area contributed by atoms with Crippen LogP contribution in [0.2, 0.25) is 0 Å². The summed E-state index contributed by atoms with van der Waals surface area (Å²) in [4.78, 5) is 10.8. The largest absolute Gasteiger partial charge is 0.493 e. The van der Waals surface area contributed by atoms with Gasteiger partial charge in [-0.1, -0.05) is 26.0 Å². The first-order valence-corrected chi connectivity index (χ1v) is 6.73. The van der Waals surface area contributed by atoms with Gasteiger partial charge in [-0.15, -0.1) is 0 Å². The molecule has 0 aromatic heterocycles. The van der Waals surface area contributed by atoms with Gasteiger partial charge in [0.1, 0.15) is 18.0 Å². The summed E-state index contributed by atoms with van der Waals surface area (Å²) in [5, 5.41) is 22.2. The van der Waals surface area contributed by atoms with E-state index in [9.17, 15) is 15.0 Å². The number of rotatable bonds is 7. The Kier molecular flexibility index (Phi) is 6.48. The fourth-order valence-electron chi connectivity index (χ4n) is 1.61. The van der Waals surface area contributed by atoms with Crippen molar-refractivity contribution in [3.63, 3.8) is 0 Å². The number of ether oxygens (including phenoxy) is 1. The third kappa shape index (κ3) is 5.59. The molecule has 0 aliphatic carbocycles. The summed E-state index contributed by atoms with van der Waals surface area (Å²) in [6.45, 7) is 6.14. The molecule has 112 valence electrons. The number of nitrogens with one attached hydrogen (secondary N) is 1. The molecule has 3 N–H and O–H groups in total. The minimum Gasteiger partial charge on any atom is -0.493 e. The highest BCUT2D eigenvalue weighted by Crippen LogP contribution is 2.20. The lowest BCUT2D eigenvalue weighted by molar-refractivity contribution is -0.119. The molecule has 0 saturated carbocycles. The van der Waals surface area contributed by atoms with Gasteiger partial charge in [-0.2, -0.15) is 0 Å². The highest BCUT2D eigenvalue weighted by Gasteiger charge is 2.18. The second-order valence-corrected chi connectivity index (χ2v) is 5.22. The van der Waals surface area contributed by atoms with Gasteiger partial charge in [0.05, 0.1) is 6.61 Å². The van der Waals surface area contributed by atoms with Crippen LogP contribution in [-0.4, -0.2) is 35.4 Å². The maximum Gasteiger partial charge on any atom is 0.216 e. The molecule has 5 nitrogen and oxygen atoms in total. The first-order chi connectivity index (χ1) is 9.40. The SMILES string of the molecule is CC(=O)NCC(O)C(O)c1ccc(OCC(C)C)cc1. The Balaban J connectivity index is 2.56. The van der Waals surface area contributed by atoms with Crippen LogP contribution in [0.3, 0.4) is 0 Å². The highest BCUT2D eigenvalue weighted by atomic mass is 16.5. The van der Waals surface area contributed by atoms with E-state index in [1.807, 2.05) is 0 Å². The summed E-state index contributed by atoms with van der Waals surface area (Å²) in [7, 11) is 0. The monoisotopic (exact) mass is 281 g/mol. The number of benzene rings is 1. The fraction of sp³-hybridized carbons (Fsp3) is 0.533. The number of amides is 1. The molecule has 1 aromatic rings. The zero-order valence-corrected chi connectivity index (χ0v) is 12.2. The molecule has 2 atom stereocenters. The maximum atomic E-state index is 10.8. The molecule has 0 fully saturated rings. The third-order valence-electron chi connectivity index (χ3n) is 2.73. The molecule has 0 spiro atoms. The molecular formula is C15H23NO4. The van der Waals surface area contributed by atoms with Crippen LogP contribution < -0.4 is 10.1 Å². The molecule has 0 aliphatic heterocycles. The van der Waals surface area contributed by atoms with Gasteiger partial charge in [0, 0.05) is 13.5 Å². The van der Waals surface area contributed by atoms with Gasteiger partial charge < -0.3 is 20.3 Å². The first kappa shape index (κ1) is 16.5. The van der Waals surface area contributed by atoms with Crippen molar-refractivity contribution in [2.45, 2.75) is 33.0 Å². The van der Waals surface area contributed by atoms with E-state index >= 15 is 0 Å². The summed E-state index contributed by atoms with van der Waals surface area (Å²) >= 11 is 0. The normalized spacial score (nSPS) is 13.9. The van der Waals surface area contributed by atoms with Crippen molar-refractivity contribution in [3.8, 4) is 5.75 Å². The van der Waals surface area contributed by atoms with Crippen LogP contribution in [0, 0.1) is 5.92 Å². The van der Waals surface area contributed by atoms with Gasteiger partial charge in [-0.25, -0.2) is 0 Å². The Morgan fingerprint density at radius 2 is 1.85 bits per heavy atom. The third-order valence-corrected chi connectivity index (χ3v) is 2.73. The van der Waals surface area contributed by atoms with E-state index in [0.29, 0.717) is 18.1 Å². The molecule has 0 saturated heterocycles. The van der Waals surface area contributed by atoms with Gasteiger partial charge in [0.25, 0.3) is 0 Å². The second-order valence-electron chi connectivity index (χ2n) is 5.22. The molecule has 1 rings (SSSR count). The standard InChI is InChI=1S/C15H23NO4/c1-10(2)9-20-13-6-4-12(5-7-13)15(19)14(18)8-16-11(3)17/h4-7,10,14-15,18-19H,8-9H2,1-3H3,(H,16,17). The number of carbonyl (C=O) groups excluding carboxylic acids is 1. The number of aliphatic hydroxyl groups excluding tert-OH is 2. The summed E-state index contributed by atoms with van der Waals surface area (Å²) in [5.74, 6) is 0.930. The summed E-state index contributed by atoms with van der Waals surface area (Å²) < 4.78 is 5.54. The highest BCUT2D eigenvalue weighted by molar-refractivity contribution is 5.72. The Morgan fingerprint density at radius 1 is 1.25 bits per heavy atom. The van der Waals surface area contributed by atoms with Gasteiger partial charge in [0.2, 0.25) is 5.91 Å². The van der Waals surface area contributed by atoms with Crippen molar-refractivity contribution in [2.75, 3.05) is 13.2 Å². The minimum atomic E-state index is -1.04. The van der Waals surface area contributed by atoms with Crippen LogP contribution in [-0.2, 0) is 4.79 Å². The Hall–Kier alpha value is -1.59. The number of hydrogen-bond donors (Lipinski definition) is 3. The van der Waals surface area contributed by atoms with E-state index in [4.69, 9.17) is 4.74 Å². The summed E-state index contributed by atoms with van der Waals surface area (Å²) in [6.07, 6.45) is -2.08. The zero-order chi connectivity index (χ0) is 15.1. The lowest BCUT2D eigenvalue weighted by Crippen LogP contribution is -2.34. The Morgan fingerprint density at radius 3 is 2.35 bits per heavy atom. The van der Waals surface area contributed by atoms with Crippen LogP contribution in [0.25, 0.3) is 0 Å². The van der Waals surface area contributed by atoms with E-state index in [1.165, 1.54) is 6.92 Å². The van der Waals surface area contributed by atoms with Crippen molar-refractivity contribution >= 4 is 5.91 Å². The molecular weight excluding hydrogens is 258 g/mol. The number of hydrogen-bond acceptors (Lipinski definition) is 4. The van der Waals surface area contributed by atoms with E-state index in [-0.39, 0.29) is 12.5 Å². The van der Waals surface area contributed by atoms with Crippen molar-refractivity contribution < 1.29 is 19.7 Å². The van der Waals surface area contributed by atoms with Crippen LogP contribution in [0.5, 0.6) is 5.75 Å². The minimum absolute atomic E-state index is 0.0160. The maximum absolute atomic E-state index is 10.8. The molecule has 20 heavy (non-hydrogen) atoms. The topological polar surface area (TPSA) is 78.8 Å². The molecule has 1 aromatic carbocycles. The fourth-order valence-corrected chi connectivity index (χ4v) is 1.61. The van der Waals surface area contributed by atoms with E-state index in [0.717, 1.165) is 5.75 Å². The molecule has 0 heterocycles. The van der Waals surface area contributed by atoms with Crippen LogP contribution in [0.1, 0.15) is 32.4 Å². The summed E-state index contributed by atoms with van der Waals surface area (Å²) in [6, 6.07) is 6.92. The average molecular weight is 281 g/mol. The van der Waals surface area contributed by atoms with Crippen molar-refractivity contribution in [1.82, 2.24) is 5.32 Å². The van der Waals surface area contributed by atoms with Crippen molar-refractivity contribution in [2.24, 2.45) is 5.92 Å². The van der Waals surface area contributed by atoms with Crippen LogP contribution in [0.15, 0.2) is 24.3 Å². The Labute approximate surface area is 119 Å². The molecule has 1 amide bonds. The van der Waals surface area contributed by atoms with Gasteiger partial charge in [0.15, 0.2) is 0 Å². The smallest absolute Gasteiger partial charge is 0.216 e. The van der Waals surface area contributed by atoms with E-state index < -0.39 is 12.2 Å². The van der Waals surface area contributed by atoms with Gasteiger partial charge >= 0.3 is 0 Å². The first-order valence-electron chi connectivity index (χ1n) is 6.73. The van der Waals surface area contributed by atoms with Crippen molar-refractivity contribution in [3.05, 3.63) is 29.8 Å². The van der Waals surface area contributed by atoms with Gasteiger partial charge in [-0.05, 0) is 23.6 Å². The average Bonchev–Trinajstić information content (AvgIpc) is 2.42. The second kappa shape index (κ2) is 7.87. The predicted molar refractivity (Wildman–Crippen MR) is 76.4 cm³/mol. The molecule has 5 heteroatoms. The molecule has 0 bridgehead atoms. The zero-order valence-electron chi connectivity index (χ0n) is 12.2. The molecule has 0 aliphatic rings.